The number of pyridine rings is 1. The molecule has 1 saturated carbocycles. The molecule has 2 aliphatic rings. The molecule has 0 aromatic carbocycles. The first-order valence-electron chi connectivity index (χ1n) is 8.24. The number of hydrogen-bond donors (Lipinski definition) is 2. The lowest BCUT2D eigenvalue weighted by molar-refractivity contribution is 0.102. The fourth-order valence-electron chi connectivity index (χ4n) is 3.36. The van der Waals surface area contributed by atoms with Crippen molar-refractivity contribution in [2.75, 3.05) is 5.32 Å². The third kappa shape index (κ3) is 2.46. The summed E-state index contributed by atoms with van der Waals surface area (Å²) in [7, 11) is 0. The summed E-state index contributed by atoms with van der Waals surface area (Å²) in [5.41, 5.74) is 1.03. The smallest absolute Gasteiger partial charge is 0.267 e. The molecule has 0 unspecified atom stereocenters. The molecule has 0 bridgehead atoms. The third-order valence-corrected chi connectivity index (χ3v) is 4.62. The van der Waals surface area contributed by atoms with Crippen LogP contribution >= 0.6 is 0 Å². The fraction of sp³-hybridized carbons (Fsp3) is 0.412. The maximum absolute atomic E-state index is 12.9. The van der Waals surface area contributed by atoms with Gasteiger partial charge in [-0.15, -0.1) is 0 Å². The van der Waals surface area contributed by atoms with E-state index in [4.69, 9.17) is 0 Å². The van der Waals surface area contributed by atoms with Crippen LogP contribution in [0.5, 0.6) is 5.75 Å². The molecule has 0 aliphatic heterocycles. The van der Waals surface area contributed by atoms with Crippen molar-refractivity contribution in [3.8, 4) is 5.75 Å². The van der Waals surface area contributed by atoms with Crippen molar-refractivity contribution in [1.82, 2.24) is 14.5 Å². The van der Waals surface area contributed by atoms with E-state index in [1.165, 1.54) is 12.4 Å². The van der Waals surface area contributed by atoms with E-state index in [1.807, 2.05) is 0 Å². The summed E-state index contributed by atoms with van der Waals surface area (Å²) in [5, 5.41) is 13.1. The van der Waals surface area contributed by atoms with Crippen LogP contribution in [0.1, 0.15) is 53.3 Å². The van der Waals surface area contributed by atoms with E-state index in [2.05, 4.69) is 15.3 Å². The Hall–Kier alpha value is -2.70. The van der Waals surface area contributed by atoms with Crippen LogP contribution in [0.3, 0.4) is 0 Å². The second-order valence-electron chi connectivity index (χ2n) is 6.29. The number of aromatic hydroxyl groups is 1. The second-order valence-corrected chi connectivity index (χ2v) is 6.29. The van der Waals surface area contributed by atoms with Gasteiger partial charge in [0.1, 0.15) is 11.3 Å². The fourth-order valence-corrected chi connectivity index (χ4v) is 3.36. The number of nitrogens with zero attached hydrogens (tertiary/aromatic N) is 3. The van der Waals surface area contributed by atoms with Gasteiger partial charge < -0.3 is 9.67 Å². The van der Waals surface area contributed by atoms with E-state index in [0.717, 1.165) is 43.4 Å². The Morgan fingerprint density at radius 3 is 2.62 bits per heavy atom. The van der Waals surface area contributed by atoms with Gasteiger partial charge in [0, 0.05) is 29.7 Å². The molecule has 1 amide bonds. The Balaban J connectivity index is 1.81. The summed E-state index contributed by atoms with van der Waals surface area (Å²) >= 11 is 0. The Kier molecular flexibility index (Phi) is 3.55. The lowest BCUT2D eigenvalue weighted by Crippen LogP contribution is -2.33. The number of carbonyl (C=O) groups is 1. The van der Waals surface area contributed by atoms with E-state index in [0.29, 0.717) is 6.42 Å². The van der Waals surface area contributed by atoms with Gasteiger partial charge in [-0.2, -0.15) is 0 Å². The molecule has 4 rings (SSSR count). The van der Waals surface area contributed by atoms with Crippen molar-refractivity contribution in [2.24, 2.45) is 0 Å². The van der Waals surface area contributed by atoms with Crippen LogP contribution in [0.25, 0.3) is 0 Å². The van der Waals surface area contributed by atoms with Gasteiger partial charge in [-0.05, 0) is 44.6 Å². The number of hydrogen-bond acceptors (Lipinski definition) is 5. The number of fused-ring (bicyclic) bond motifs is 1. The molecule has 7 heteroatoms. The van der Waals surface area contributed by atoms with Gasteiger partial charge in [-0.3, -0.25) is 14.9 Å². The minimum Gasteiger partial charge on any atom is -0.507 e. The molecule has 0 saturated heterocycles. The monoisotopic (exact) mass is 326 g/mol. The minimum absolute atomic E-state index is 0.108. The van der Waals surface area contributed by atoms with Crippen LogP contribution in [0.2, 0.25) is 0 Å². The standard InChI is InChI=1S/C17H18N4O3/c22-14-11-4-1-2-5-12(11)21(10-6-7-10)16(24)13(14)15(23)20-17-18-8-3-9-19-17/h3,8-10,22H,1-2,4-7H2,(H,18,19,20,23). The Labute approximate surface area is 138 Å². The molecule has 2 aromatic heterocycles. The Bertz CT molecular complexity index is 856. The van der Waals surface area contributed by atoms with Crippen LogP contribution < -0.4 is 10.9 Å². The average molecular weight is 326 g/mol. The minimum atomic E-state index is -0.661. The number of rotatable bonds is 3. The second kappa shape index (κ2) is 5.74. The first kappa shape index (κ1) is 14.9. The highest BCUT2D eigenvalue weighted by molar-refractivity contribution is 6.05. The number of amides is 1. The molecule has 1 fully saturated rings. The van der Waals surface area contributed by atoms with Gasteiger partial charge in [0.2, 0.25) is 5.95 Å². The Morgan fingerprint density at radius 2 is 1.92 bits per heavy atom. The SMILES string of the molecule is O=C(Nc1ncccn1)c1c(O)c2c(n(C3CC3)c1=O)CCCC2. The molecule has 124 valence electrons. The topological polar surface area (TPSA) is 97.1 Å². The molecule has 2 aromatic rings. The molecule has 2 heterocycles. The summed E-state index contributed by atoms with van der Waals surface area (Å²) < 4.78 is 1.73. The molecule has 0 atom stereocenters. The number of nitrogens with one attached hydrogen (secondary N) is 1. The highest BCUT2D eigenvalue weighted by Gasteiger charge is 2.34. The molecule has 2 aliphatic carbocycles. The molecular formula is C17H18N4O3. The van der Waals surface area contributed by atoms with E-state index in [9.17, 15) is 14.7 Å². The largest absolute Gasteiger partial charge is 0.507 e. The maximum atomic E-state index is 12.9. The van der Waals surface area contributed by atoms with Gasteiger partial charge in [0.05, 0.1) is 0 Å². The molecule has 2 N–H and O–H groups in total. The van der Waals surface area contributed by atoms with Gasteiger partial charge in [0.15, 0.2) is 0 Å². The molecule has 0 spiro atoms. The quantitative estimate of drug-likeness (QED) is 0.896. The predicted octanol–water partition coefficient (Wildman–Crippen LogP) is 1.81. The van der Waals surface area contributed by atoms with Crippen molar-refractivity contribution in [3.05, 3.63) is 45.6 Å². The van der Waals surface area contributed by atoms with Crippen LogP contribution in [0.15, 0.2) is 23.3 Å². The molecular weight excluding hydrogens is 308 g/mol. The lowest BCUT2D eigenvalue weighted by Gasteiger charge is -2.23. The normalized spacial score (nSPS) is 16.5. The number of carbonyl (C=O) groups excluding carboxylic acids is 1. The van der Waals surface area contributed by atoms with E-state index in [1.54, 1.807) is 10.6 Å². The summed E-state index contributed by atoms with van der Waals surface area (Å²) in [6.07, 6.45) is 8.30. The van der Waals surface area contributed by atoms with Gasteiger partial charge in [-0.1, -0.05) is 0 Å². The summed E-state index contributed by atoms with van der Waals surface area (Å²) in [5.74, 6) is -0.733. The predicted molar refractivity (Wildman–Crippen MR) is 87.3 cm³/mol. The third-order valence-electron chi connectivity index (χ3n) is 4.62. The summed E-state index contributed by atoms with van der Waals surface area (Å²) in [6, 6.07) is 1.79. The van der Waals surface area contributed by atoms with Gasteiger partial charge in [0.25, 0.3) is 11.5 Å². The highest BCUT2D eigenvalue weighted by Crippen LogP contribution is 2.39. The average Bonchev–Trinajstić information content (AvgIpc) is 3.41. The summed E-state index contributed by atoms with van der Waals surface area (Å²) in [4.78, 5) is 33.3. The molecule has 0 radical (unpaired) electrons. The molecule has 24 heavy (non-hydrogen) atoms. The van der Waals surface area contributed by atoms with Gasteiger partial charge in [-0.25, -0.2) is 9.97 Å². The van der Waals surface area contributed by atoms with Crippen LogP contribution in [-0.2, 0) is 12.8 Å². The zero-order chi connectivity index (χ0) is 16.7. The van der Waals surface area contributed by atoms with Crippen molar-refractivity contribution in [1.29, 1.82) is 0 Å². The number of anilines is 1. The highest BCUT2D eigenvalue weighted by atomic mass is 16.3. The van der Waals surface area contributed by atoms with Crippen molar-refractivity contribution in [3.63, 3.8) is 0 Å². The van der Waals surface area contributed by atoms with Crippen LogP contribution in [0, 0.1) is 0 Å². The van der Waals surface area contributed by atoms with Crippen molar-refractivity contribution < 1.29 is 9.90 Å². The number of aromatic nitrogens is 3. The van der Waals surface area contributed by atoms with E-state index in [-0.39, 0.29) is 23.3 Å². The first-order chi connectivity index (χ1) is 11.7. The zero-order valence-corrected chi connectivity index (χ0v) is 13.2. The van der Waals surface area contributed by atoms with Crippen LogP contribution in [0.4, 0.5) is 5.95 Å². The molecule has 7 nitrogen and oxygen atoms in total. The van der Waals surface area contributed by atoms with Crippen molar-refractivity contribution in [2.45, 2.75) is 44.6 Å². The summed E-state index contributed by atoms with van der Waals surface area (Å²) in [6.45, 7) is 0. The van der Waals surface area contributed by atoms with Gasteiger partial charge >= 0.3 is 0 Å². The van der Waals surface area contributed by atoms with Crippen LogP contribution in [-0.4, -0.2) is 25.5 Å². The Morgan fingerprint density at radius 1 is 1.21 bits per heavy atom. The lowest BCUT2D eigenvalue weighted by atomic mass is 9.93. The van der Waals surface area contributed by atoms with Crippen molar-refractivity contribution >= 4 is 11.9 Å². The van der Waals surface area contributed by atoms with E-state index >= 15 is 0 Å². The van der Waals surface area contributed by atoms with E-state index < -0.39 is 11.5 Å². The first-order valence-corrected chi connectivity index (χ1v) is 8.24. The zero-order valence-electron chi connectivity index (χ0n) is 13.2. The maximum Gasteiger partial charge on any atom is 0.267 e.